The summed E-state index contributed by atoms with van der Waals surface area (Å²) in [6.07, 6.45) is 0.109. The van der Waals surface area contributed by atoms with Gasteiger partial charge in [0, 0.05) is 43.9 Å². The second-order valence-corrected chi connectivity index (χ2v) is 12.0. The Hall–Kier alpha value is -3.60. The number of sulfonamides is 1. The van der Waals surface area contributed by atoms with Gasteiger partial charge in [0.2, 0.25) is 10.0 Å². The highest BCUT2D eigenvalue weighted by atomic mass is 32.2. The summed E-state index contributed by atoms with van der Waals surface area (Å²) >= 11 is 0. The molecule has 10 heteroatoms. The molecule has 2 aromatic heterocycles. The van der Waals surface area contributed by atoms with Crippen LogP contribution in [0.5, 0.6) is 0 Å². The van der Waals surface area contributed by atoms with Crippen molar-refractivity contribution in [2.45, 2.75) is 37.7 Å². The first-order chi connectivity index (χ1) is 18.0. The summed E-state index contributed by atoms with van der Waals surface area (Å²) < 4.78 is 29.4. The van der Waals surface area contributed by atoms with E-state index in [0.29, 0.717) is 48.0 Å². The summed E-state index contributed by atoms with van der Waals surface area (Å²) in [6, 6.07) is 19.2. The van der Waals surface area contributed by atoms with Crippen LogP contribution >= 0.6 is 0 Å². The van der Waals surface area contributed by atoms with E-state index in [2.05, 4.69) is 15.0 Å². The number of carbonyl (C=O) groups is 1. The first-order valence-corrected chi connectivity index (χ1v) is 14.0. The maximum absolute atomic E-state index is 13.1. The Kier molecular flexibility index (Phi) is 6.81. The number of nitrogens with zero attached hydrogens (tertiary/aromatic N) is 5. The third-order valence-electron chi connectivity index (χ3n) is 6.78. The van der Waals surface area contributed by atoms with E-state index in [1.807, 2.05) is 19.1 Å². The SMILES string of the molecule is Cc1cc2nc(CC(=O)c3ccc(C(C)(C)O)cc3)cc(N3CCN(S(=O)(=O)c4ccccc4)CC3)n2n1. The number of hydrogen-bond donors (Lipinski definition) is 1. The lowest BCUT2D eigenvalue weighted by Gasteiger charge is -2.35. The molecule has 0 aliphatic carbocycles. The van der Waals surface area contributed by atoms with Crippen LogP contribution in [0.2, 0.25) is 0 Å². The fourth-order valence-corrected chi connectivity index (χ4v) is 6.11. The molecule has 0 radical (unpaired) electrons. The van der Waals surface area contributed by atoms with Gasteiger partial charge in [0.1, 0.15) is 5.82 Å². The van der Waals surface area contributed by atoms with E-state index in [0.717, 1.165) is 17.1 Å². The summed E-state index contributed by atoms with van der Waals surface area (Å²) in [4.78, 5) is 20.1. The molecule has 0 bridgehead atoms. The van der Waals surface area contributed by atoms with Gasteiger partial charge in [-0.3, -0.25) is 4.79 Å². The monoisotopic (exact) mass is 533 g/mol. The molecule has 0 atom stereocenters. The standard InChI is InChI=1S/C28H31N5O4S/c1-20-17-26-29-23(18-25(34)21-9-11-22(12-10-21)28(2,3)35)19-27(33(26)30-20)31-13-15-32(16-14-31)38(36,37)24-7-5-4-6-8-24/h4-12,17,19,35H,13-16,18H2,1-3H3. The lowest BCUT2D eigenvalue weighted by atomic mass is 9.96. The zero-order chi connectivity index (χ0) is 27.1. The normalized spacial score (nSPS) is 15.2. The lowest BCUT2D eigenvalue weighted by molar-refractivity contribution is 0.0784. The van der Waals surface area contributed by atoms with Gasteiger partial charge in [-0.25, -0.2) is 13.4 Å². The number of aryl methyl sites for hydroxylation is 1. The largest absolute Gasteiger partial charge is 0.386 e. The molecule has 0 amide bonds. The number of anilines is 1. The number of rotatable bonds is 7. The Labute approximate surface area is 222 Å². The van der Waals surface area contributed by atoms with Crippen LogP contribution in [0.1, 0.15) is 41.2 Å². The van der Waals surface area contributed by atoms with Gasteiger partial charge in [0.25, 0.3) is 0 Å². The third kappa shape index (κ3) is 5.20. The van der Waals surface area contributed by atoms with E-state index < -0.39 is 15.6 Å². The van der Waals surface area contributed by atoms with Crippen molar-refractivity contribution in [2.24, 2.45) is 0 Å². The second kappa shape index (κ2) is 9.94. The van der Waals surface area contributed by atoms with Crippen molar-refractivity contribution in [3.63, 3.8) is 0 Å². The number of ketones is 1. The molecule has 1 saturated heterocycles. The summed E-state index contributed by atoms with van der Waals surface area (Å²) in [7, 11) is -3.56. The van der Waals surface area contributed by atoms with Gasteiger partial charge < -0.3 is 10.0 Å². The summed E-state index contributed by atoms with van der Waals surface area (Å²) in [5.41, 5.74) is 2.36. The van der Waals surface area contributed by atoms with Crippen LogP contribution in [0.3, 0.4) is 0 Å². The number of piperazine rings is 1. The molecule has 4 aromatic rings. The molecule has 38 heavy (non-hydrogen) atoms. The van der Waals surface area contributed by atoms with Crippen LogP contribution in [-0.4, -0.2) is 64.4 Å². The van der Waals surface area contributed by atoms with Gasteiger partial charge in [-0.05, 0) is 38.5 Å². The molecule has 2 aromatic carbocycles. The van der Waals surface area contributed by atoms with Crippen molar-refractivity contribution in [3.8, 4) is 0 Å². The Balaban J connectivity index is 1.37. The lowest BCUT2D eigenvalue weighted by Crippen LogP contribution is -2.49. The highest BCUT2D eigenvalue weighted by molar-refractivity contribution is 7.89. The average molecular weight is 534 g/mol. The van der Waals surface area contributed by atoms with Crippen molar-refractivity contribution >= 4 is 27.3 Å². The molecule has 9 nitrogen and oxygen atoms in total. The molecule has 0 saturated carbocycles. The van der Waals surface area contributed by atoms with Crippen molar-refractivity contribution in [2.75, 3.05) is 31.1 Å². The van der Waals surface area contributed by atoms with Crippen LogP contribution in [0.25, 0.3) is 5.65 Å². The molecule has 0 unspecified atom stereocenters. The van der Waals surface area contributed by atoms with Gasteiger partial charge >= 0.3 is 0 Å². The number of fused-ring (bicyclic) bond motifs is 1. The minimum atomic E-state index is -3.56. The predicted octanol–water partition coefficient (Wildman–Crippen LogP) is 3.20. The van der Waals surface area contributed by atoms with Gasteiger partial charge in [0.05, 0.1) is 28.3 Å². The van der Waals surface area contributed by atoms with E-state index in [1.54, 1.807) is 73.0 Å². The molecule has 0 spiro atoms. The molecule has 5 rings (SSSR count). The maximum atomic E-state index is 13.1. The fourth-order valence-electron chi connectivity index (χ4n) is 4.67. The molecule has 1 aliphatic heterocycles. The zero-order valence-electron chi connectivity index (χ0n) is 21.7. The van der Waals surface area contributed by atoms with Crippen LogP contribution in [0.4, 0.5) is 5.82 Å². The molecular formula is C28H31N5O4S. The number of benzene rings is 2. The second-order valence-electron chi connectivity index (χ2n) is 10.1. The molecular weight excluding hydrogens is 502 g/mol. The highest BCUT2D eigenvalue weighted by Crippen LogP contribution is 2.24. The molecule has 1 N–H and O–H groups in total. The van der Waals surface area contributed by atoms with E-state index >= 15 is 0 Å². The molecule has 1 aliphatic rings. The van der Waals surface area contributed by atoms with E-state index in [1.165, 1.54) is 4.31 Å². The van der Waals surface area contributed by atoms with Gasteiger partial charge in [-0.15, -0.1) is 0 Å². The summed E-state index contributed by atoms with van der Waals surface area (Å²) in [6.45, 7) is 6.93. The predicted molar refractivity (Wildman–Crippen MR) is 145 cm³/mol. The summed E-state index contributed by atoms with van der Waals surface area (Å²) in [5, 5.41) is 14.8. The van der Waals surface area contributed by atoms with Crippen LogP contribution in [0, 0.1) is 6.92 Å². The van der Waals surface area contributed by atoms with Crippen LogP contribution in [0.15, 0.2) is 71.6 Å². The van der Waals surface area contributed by atoms with Gasteiger partial charge in [-0.2, -0.15) is 13.9 Å². The quantitative estimate of drug-likeness (QED) is 0.364. The summed E-state index contributed by atoms with van der Waals surface area (Å²) in [5.74, 6) is 0.699. The smallest absolute Gasteiger partial charge is 0.243 e. The van der Waals surface area contributed by atoms with Gasteiger partial charge in [-0.1, -0.05) is 42.5 Å². The van der Waals surface area contributed by atoms with Crippen LogP contribution < -0.4 is 4.90 Å². The minimum Gasteiger partial charge on any atom is -0.386 e. The Morgan fingerprint density at radius 1 is 0.974 bits per heavy atom. The van der Waals surface area contributed by atoms with E-state index in [-0.39, 0.29) is 12.2 Å². The Morgan fingerprint density at radius 3 is 2.26 bits per heavy atom. The first kappa shape index (κ1) is 26.0. The van der Waals surface area contributed by atoms with Crippen LogP contribution in [-0.2, 0) is 22.0 Å². The van der Waals surface area contributed by atoms with E-state index in [4.69, 9.17) is 0 Å². The molecule has 3 heterocycles. The number of hydrogen-bond acceptors (Lipinski definition) is 7. The minimum absolute atomic E-state index is 0.0786. The number of aliphatic hydroxyl groups is 1. The number of aromatic nitrogens is 3. The first-order valence-electron chi connectivity index (χ1n) is 12.5. The number of carbonyl (C=O) groups excluding carboxylic acids is 1. The Bertz CT molecular complexity index is 1570. The third-order valence-corrected chi connectivity index (χ3v) is 8.70. The zero-order valence-corrected chi connectivity index (χ0v) is 22.5. The van der Waals surface area contributed by atoms with Crippen molar-refractivity contribution in [1.82, 2.24) is 18.9 Å². The highest BCUT2D eigenvalue weighted by Gasteiger charge is 2.29. The van der Waals surface area contributed by atoms with E-state index in [9.17, 15) is 18.3 Å². The average Bonchev–Trinajstić information content (AvgIpc) is 3.28. The number of Topliss-reactive ketones (excluding diaryl/α,β-unsaturated/α-hetero) is 1. The van der Waals surface area contributed by atoms with Gasteiger partial charge in [0.15, 0.2) is 11.4 Å². The Morgan fingerprint density at radius 2 is 1.63 bits per heavy atom. The fraction of sp³-hybridized carbons (Fsp3) is 0.321. The maximum Gasteiger partial charge on any atom is 0.243 e. The van der Waals surface area contributed by atoms with Crippen molar-refractivity contribution < 1.29 is 18.3 Å². The van der Waals surface area contributed by atoms with Crippen molar-refractivity contribution in [1.29, 1.82) is 0 Å². The topological polar surface area (TPSA) is 108 Å². The molecule has 1 fully saturated rings. The van der Waals surface area contributed by atoms with Crippen molar-refractivity contribution in [3.05, 3.63) is 89.2 Å². The molecule has 198 valence electrons.